The summed E-state index contributed by atoms with van der Waals surface area (Å²) in [6.45, 7) is 4.60. The number of hydrogen-bond acceptors (Lipinski definition) is 4. The lowest BCUT2D eigenvalue weighted by Crippen LogP contribution is -2.51. The molecule has 1 aromatic rings. The van der Waals surface area contributed by atoms with Gasteiger partial charge in [0.15, 0.2) is 5.96 Å². The number of hydrogen-bond donors (Lipinski definition) is 2. The van der Waals surface area contributed by atoms with Gasteiger partial charge in [-0.2, -0.15) is 0 Å². The zero-order valence-electron chi connectivity index (χ0n) is 15.6. The molecule has 0 radical (unpaired) electrons. The summed E-state index contributed by atoms with van der Waals surface area (Å²) >= 11 is 6.29. The van der Waals surface area contributed by atoms with E-state index in [1.807, 2.05) is 18.2 Å². The number of methoxy groups -OCH3 is 1. The third-order valence-electron chi connectivity index (χ3n) is 5.13. The standard InChI is InChI=1S/C19H29ClN4O2/c1-21-19(22-8-7-14-5-6-16(25-2)10-18(14)20)23-11-17-12-24-9-3-4-15(24)13-26-17/h5-6,10,15,17H,3-4,7-9,11-13H2,1-2H3,(H2,21,22,23). The Morgan fingerprint density at radius 2 is 2.31 bits per heavy atom. The van der Waals surface area contributed by atoms with Gasteiger partial charge in [-0.15, -0.1) is 0 Å². The Balaban J connectivity index is 1.39. The van der Waals surface area contributed by atoms with Crippen LogP contribution in [0.5, 0.6) is 5.75 Å². The molecular weight excluding hydrogens is 352 g/mol. The minimum atomic E-state index is 0.221. The van der Waals surface area contributed by atoms with Gasteiger partial charge in [-0.3, -0.25) is 9.89 Å². The number of aliphatic imine (C=N–C) groups is 1. The molecule has 2 unspecified atom stereocenters. The largest absolute Gasteiger partial charge is 0.497 e. The van der Waals surface area contributed by atoms with Crippen molar-refractivity contribution in [3.63, 3.8) is 0 Å². The Hall–Kier alpha value is -1.50. The van der Waals surface area contributed by atoms with Crippen LogP contribution in [0.2, 0.25) is 5.02 Å². The number of morpholine rings is 1. The van der Waals surface area contributed by atoms with Gasteiger partial charge in [0.2, 0.25) is 0 Å². The smallest absolute Gasteiger partial charge is 0.191 e. The van der Waals surface area contributed by atoms with Crippen molar-refractivity contribution in [2.45, 2.75) is 31.4 Å². The highest BCUT2D eigenvalue weighted by atomic mass is 35.5. The topological polar surface area (TPSA) is 58.1 Å². The lowest BCUT2D eigenvalue weighted by Gasteiger charge is -2.35. The maximum absolute atomic E-state index is 6.29. The van der Waals surface area contributed by atoms with Crippen LogP contribution in [0.3, 0.4) is 0 Å². The normalized spacial score (nSPS) is 23.6. The van der Waals surface area contributed by atoms with E-state index in [0.717, 1.165) is 55.0 Å². The van der Waals surface area contributed by atoms with Gasteiger partial charge in [0.1, 0.15) is 5.75 Å². The molecule has 2 N–H and O–H groups in total. The van der Waals surface area contributed by atoms with Crippen molar-refractivity contribution >= 4 is 17.6 Å². The molecule has 2 atom stereocenters. The van der Waals surface area contributed by atoms with Crippen LogP contribution >= 0.6 is 11.6 Å². The molecule has 2 aliphatic heterocycles. The average Bonchev–Trinajstić information content (AvgIpc) is 3.13. The molecule has 0 aromatic heterocycles. The van der Waals surface area contributed by atoms with Crippen LogP contribution in [0, 0.1) is 0 Å². The number of fused-ring (bicyclic) bond motifs is 1. The van der Waals surface area contributed by atoms with E-state index in [-0.39, 0.29) is 6.10 Å². The molecule has 26 heavy (non-hydrogen) atoms. The Morgan fingerprint density at radius 3 is 3.08 bits per heavy atom. The number of nitrogens with one attached hydrogen (secondary N) is 2. The quantitative estimate of drug-likeness (QED) is 0.583. The van der Waals surface area contributed by atoms with E-state index in [4.69, 9.17) is 21.1 Å². The second-order valence-corrected chi connectivity index (χ2v) is 7.24. The molecule has 1 aromatic carbocycles. The lowest BCUT2D eigenvalue weighted by atomic mass is 10.1. The van der Waals surface area contributed by atoms with E-state index in [1.165, 1.54) is 19.4 Å². The van der Waals surface area contributed by atoms with Crippen LogP contribution in [0.25, 0.3) is 0 Å². The van der Waals surface area contributed by atoms with E-state index in [9.17, 15) is 0 Å². The molecule has 0 spiro atoms. The van der Waals surface area contributed by atoms with E-state index < -0.39 is 0 Å². The number of benzene rings is 1. The highest BCUT2D eigenvalue weighted by Gasteiger charge is 2.32. The first-order valence-corrected chi connectivity index (χ1v) is 9.70. The molecule has 2 fully saturated rings. The van der Waals surface area contributed by atoms with Gasteiger partial charge in [0, 0.05) is 37.7 Å². The van der Waals surface area contributed by atoms with Crippen LogP contribution < -0.4 is 15.4 Å². The maximum atomic E-state index is 6.29. The Bertz CT molecular complexity index is 626. The summed E-state index contributed by atoms with van der Waals surface area (Å²) in [6, 6.07) is 6.41. The highest BCUT2D eigenvalue weighted by Crippen LogP contribution is 2.23. The summed E-state index contributed by atoms with van der Waals surface area (Å²) in [6.07, 6.45) is 3.61. The summed E-state index contributed by atoms with van der Waals surface area (Å²) in [5.74, 6) is 1.57. The third kappa shape index (κ3) is 5.02. The summed E-state index contributed by atoms with van der Waals surface area (Å²) in [7, 11) is 3.43. The molecule has 7 heteroatoms. The molecule has 144 valence electrons. The average molecular weight is 381 g/mol. The fraction of sp³-hybridized carbons (Fsp3) is 0.632. The van der Waals surface area contributed by atoms with E-state index >= 15 is 0 Å². The maximum Gasteiger partial charge on any atom is 0.191 e. The number of ether oxygens (including phenoxy) is 2. The highest BCUT2D eigenvalue weighted by molar-refractivity contribution is 6.31. The monoisotopic (exact) mass is 380 g/mol. The molecule has 2 heterocycles. The Morgan fingerprint density at radius 1 is 1.42 bits per heavy atom. The zero-order valence-corrected chi connectivity index (χ0v) is 16.4. The second kappa shape index (κ2) is 9.44. The first kappa shape index (κ1) is 19.3. The first-order chi connectivity index (χ1) is 12.7. The molecule has 2 aliphatic rings. The Kier molecular flexibility index (Phi) is 7.00. The predicted octanol–water partition coefficient (Wildman–Crippen LogP) is 1.92. The van der Waals surface area contributed by atoms with Crippen molar-refractivity contribution in [3.05, 3.63) is 28.8 Å². The van der Waals surface area contributed by atoms with Crippen LogP contribution in [-0.4, -0.2) is 69.9 Å². The SMILES string of the molecule is CN=C(NCCc1ccc(OC)cc1Cl)NCC1CN2CCCC2CO1. The zero-order chi connectivity index (χ0) is 18.4. The van der Waals surface area contributed by atoms with Crippen molar-refractivity contribution in [1.29, 1.82) is 0 Å². The van der Waals surface area contributed by atoms with Gasteiger partial charge in [-0.1, -0.05) is 17.7 Å². The van der Waals surface area contributed by atoms with Gasteiger partial charge in [0.25, 0.3) is 0 Å². The lowest BCUT2D eigenvalue weighted by molar-refractivity contribution is -0.0453. The van der Waals surface area contributed by atoms with Crippen LogP contribution in [0.4, 0.5) is 0 Å². The van der Waals surface area contributed by atoms with Gasteiger partial charge in [0.05, 0.1) is 19.8 Å². The van der Waals surface area contributed by atoms with Gasteiger partial charge < -0.3 is 20.1 Å². The van der Waals surface area contributed by atoms with Gasteiger partial charge >= 0.3 is 0 Å². The summed E-state index contributed by atoms with van der Waals surface area (Å²) in [4.78, 5) is 6.85. The molecule has 0 amide bonds. The van der Waals surface area contributed by atoms with Crippen molar-refractivity contribution in [3.8, 4) is 5.75 Å². The fourth-order valence-corrected chi connectivity index (χ4v) is 3.88. The van der Waals surface area contributed by atoms with Crippen LogP contribution in [-0.2, 0) is 11.2 Å². The van der Waals surface area contributed by atoms with Crippen molar-refractivity contribution in [1.82, 2.24) is 15.5 Å². The van der Waals surface area contributed by atoms with E-state index in [2.05, 4.69) is 20.5 Å². The predicted molar refractivity (Wildman–Crippen MR) is 105 cm³/mol. The molecule has 2 saturated heterocycles. The summed E-state index contributed by atoms with van der Waals surface area (Å²) in [5.41, 5.74) is 1.09. The number of halogens is 1. The number of nitrogens with zero attached hydrogens (tertiary/aromatic N) is 2. The van der Waals surface area contributed by atoms with Crippen LogP contribution in [0.15, 0.2) is 23.2 Å². The third-order valence-corrected chi connectivity index (χ3v) is 5.48. The van der Waals surface area contributed by atoms with Crippen molar-refractivity contribution in [2.75, 3.05) is 46.9 Å². The molecule has 6 nitrogen and oxygen atoms in total. The minimum absolute atomic E-state index is 0.221. The molecule has 0 saturated carbocycles. The van der Waals surface area contributed by atoms with Gasteiger partial charge in [-0.25, -0.2) is 0 Å². The molecule has 0 aliphatic carbocycles. The first-order valence-electron chi connectivity index (χ1n) is 9.32. The minimum Gasteiger partial charge on any atom is -0.497 e. The van der Waals surface area contributed by atoms with Gasteiger partial charge in [-0.05, 0) is 43.5 Å². The molecule has 3 rings (SSSR count). The second-order valence-electron chi connectivity index (χ2n) is 6.83. The molecular formula is C19H29ClN4O2. The number of guanidine groups is 1. The van der Waals surface area contributed by atoms with E-state index in [1.54, 1.807) is 14.2 Å². The van der Waals surface area contributed by atoms with E-state index in [0.29, 0.717) is 6.04 Å². The fourth-order valence-electron chi connectivity index (χ4n) is 3.61. The number of rotatable bonds is 6. The van der Waals surface area contributed by atoms with Crippen molar-refractivity contribution < 1.29 is 9.47 Å². The summed E-state index contributed by atoms with van der Waals surface area (Å²) in [5, 5.41) is 7.44. The van der Waals surface area contributed by atoms with Crippen LogP contribution in [0.1, 0.15) is 18.4 Å². The molecule has 0 bridgehead atoms. The Labute approximate surface area is 160 Å². The van der Waals surface area contributed by atoms with Crippen molar-refractivity contribution in [2.24, 2.45) is 4.99 Å². The summed E-state index contributed by atoms with van der Waals surface area (Å²) < 4.78 is 11.2.